The SMILES string of the molecule is Cc1ccc(S(=O)(=O)NCC(O)(CO)CO)c(Cl)n1. The van der Waals surface area contributed by atoms with Crippen molar-refractivity contribution in [2.24, 2.45) is 0 Å². The Morgan fingerprint density at radius 3 is 2.42 bits per heavy atom. The van der Waals surface area contributed by atoms with E-state index in [1.165, 1.54) is 12.1 Å². The maximum Gasteiger partial charge on any atom is 0.243 e. The van der Waals surface area contributed by atoms with E-state index in [0.29, 0.717) is 5.69 Å². The smallest absolute Gasteiger partial charge is 0.243 e. The van der Waals surface area contributed by atoms with Gasteiger partial charge in [0.05, 0.1) is 13.2 Å². The van der Waals surface area contributed by atoms with Crippen LogP contribution in [0.4, 0.5) is 0 Å². The number of aromatic nitrogens is 1. The van der Waals surface area contributed by atoms with Gasteiger partial charge >= 0.3 is 0 Å². The Bertz CT molecular complexity index is 545. The van der Waals surface area contributed by atoms with E-state index in [-0.39, 0.29) is 10.0 Å². The van der Waals surface area contributed by atoms with Gasteiger partial charge in [0.1, 0.15) is 15.6 Å². The van der Waals surface area contributed by atoms with Crippen LogP contribution in [0.5, 0.6) is 0 Å². The lowest BCUT2D eigenvalue weighted by Crippen LogP contribution is -2.48. The number of halogens is 1. The molecular formula is C10H15ClN2O5S. The topological polar surface area (TPSA) is 120 Å². The number of nitrogens with one attached hydrogen (secondary N) is 1. The van der Waals surface area contributed by atoms with E-state index in [4.69, 9.17) is 21.8 Å². The summed E-state index contributed by atoms with van der Waals surface area (Å²) in [7, 11) is -3.99. The zero-order chi connectivity index (χ0) is 14.7. The van der Waals surface area contributed by atoms with Crippen molar-refractivity contribution >= 4 is 21.6 Å². The second kappa shape index (κ2) is 6.12. The van der Waals surface area contributed by atoms with E-state index >= 15 is 0 Å². The third kappa shape index (κ3) is 4.10. The molecule has 0 aromatic carbocycles. The van der Waals surface area contributed by atoms with Gasteiger partial charge in [-0.1, -0.05) is 11.6 Å². The fraction of sp³-hybridized carbons (Fsp3) is 0.500. The summed E-state index contributed by atoms with van der Waals surface area (Å²) in [5.74, 6) is 0. The van der Waals surface area contributed by atoms with Crippen molar-refractivity contribution in [2.45, 2.75) is 17.4 Å². The maximum atomic E-state index is 11.9. The second-order valence-corrected chi connectivity index (χ2v) is 6.20. The number of nitrogens with zero attached hydrogens (tertiary/aromatic N) is 1. The molecule has 0 aliphatic carbocycles. The Morgan fingerprint density at radius 1 is 1.37 bits per heavy atom. The molecule has 7 nitrogen and oxygen atoms in total. The van der Waals surface area contributed by atoms with E-state index < -0.39 is 35.4 Å². The van der Waals surface area contributed by atoms with Crippen LogP contribution in [0.2, 0.25) is 5.15 Å². The molecule has 0 aliphatic rings. The summed E-state index contributed by atoms with van der Waals surface area (Å²) in [6.45, 7) is -0.462. The third-order valence-electron chi connectivity index (χ3n) is 2.42. The number of hydrogen-bond donors (Lipinski definition) is 4. The number of aliphatic hydroxyl groups is 3. The number of rotatable bonds is 6. The molecule has 0 radical (unpaired) electrons. The molecule has 0 atom stereocenters. The lowest BCUT2D eigenvalue weighted by atomic mass is 10.1. The molecule has 1 heterocycles. The van der Waals surface area contributed by atoms with Crippen molar-refractivity contribution in [3.8, 4) is 0 Å². The quantitative estimate of drug-likeness (QED) is 0.502. The highest BCUT2D eigenvalue weighted by Crippen LogP contribution is 2.19. The van der Waals surface area contributed by atoms with Gasteiger partial charge in [-0.2, -0.15) is 0 Å². The van der Waals surface area contributed by atoms with E-state index in [1.807, 2.05) is 0 Å². The van der Waals surface area contributed by atoms with Gasteiger partial charge in [-0.25, -0.2) is 18.1 Å². The lowest BCUT2D eigenvalue weighted by molar-refractivity contribution is -0.0495. The summed E-state index contributed by atoms with van der Waals surface area (Å²) in [5, 5.41) is 27.1. The minimum Gasteiger partial charge on any atom is -0.393 e. The zero-order valence-corrected chi connectivity index (χ0v) is 11.7. The molecule has 1 aromatic rings. The molecule has 0 aliphatic heterocycles. The van der Waals surface area contributed by atoms with Crippen LogP contribution in [0.3, 0.4) is 0 Å². The maximum absolute atomic E-state index is 11.9. The van der Waals surface area contributed by atoms with Crippen molar-refractivity contribution in [3.05, 3.63) is 23.0 Å². The highest BCUT2D eigenvalue weighted by Gasteiger charge is 2.28. The fourth-order valence-electron chi connectivity index (χ4n) is 1.18. The summed E-state index contributed by atoms with van der Waals surface area (Å²) in [4.78, 5) is 3.57. The van der Waals surface area contributed by atoms with Crippen LogP contribution in [0.25, 0.3) is 0 Å². The predicted molar refractivity (Wildman–Crippen MR) is 68.3 cm³/mol. The molecule has 0 unspecified atom stereocenters. The van der Waals surface area contributed by atoms with Gasteiger partial charge in [-0.15, -0.1) is 0 Å². The minimum atomic E-state index is -3.99. The monoisotopic (exact) mass is 310 g/mol. The van der Waals surface area contributed by atoms with Crippen molar-refractivity contribution in [2.75, 3.05) is 19.8 Å². The first-order chi connectivity index (χ1) is 8.74. The fourth-order valence-corrected chi connectivity index (χ4v) is 2.81. The van der Waals surface area contributed by atoms with E-state index in [1.54, 1.807) is 6.92 Å². The molecule has 1 aromatic heterocycles. The lowest BCUT2D eigenvalue weighted by Gasteiger charge is -2.23. The highest BCUT2D eigenvalue weighted by atomic mass is 35.5. The molecule has 0 amide bonds. The van der Waals surface area contributed by atoms with Crippen LogP contribution >= 0.6 is 11.6 Å². The number of sulfonamides is 1. The Labute approximate surface area is 115 Å². The Balaban J connectivity index is 2.93. The number of hydrogen-bond acceptors (Lipinski definition) is 6. The molecule has 0 saturated carbocycles. The van der Waals surface area contributed by atoms with Crippen LogP contribution in [0.15, 0.2) is 17.0 Å². The van der Waals surface area contributed by atoms with Crippen LogP contribution < -0.4 is 4.72 Å². The predicted octanol–water partition coefficient (Wildman–Crippen LogP) is -0.963. The van der Waals surface area contributed by atoms with E-state index in [2.05, 4.69) is 9.71 Å². The third-order valence-corrected chi connectivity index (χ3v) is 4.26. The first-order valence-corrected chi connectivity index (χ1v) is 7.17. The largest absolute Gasteiger partial charge is 0.393 e. The van der Waals surface area contributed by atoms with Crippen LogP contribution in [0.1, 0.15) is 5.69 Å². The number of aryl methyl sites for hydroxylation is 1. The van der Waals surface area contributed by atoms with E-state index in [0.717, 1.165) is 0 Å². The molecular weight excluding hydrogens is 296 g/mol. The summed E-state index contributed by atoms with van der Waals surface area (Å²) in [6.07, 6.45) is 0. The van der Waals surface area contributed by atoms with Gasteiger partial charge in [0.2, 0.25) is 10.0 Å². The summed E-state index contributed by atoms with van der Waals surface area (Å²) in [5.41, 5.74) is -1.37. The molecule has 9 heteroatoms. The Morgan fingerprint density at radius 2 is 1.95 bits per heavy atom. The Kier molecular flexibility index (Phi) is 5.25. The highest BCUT2D eigenvalue weighted by molar-refractivity contribution is 7.89. The van der Waals surface area contributed by atoms with Gasteiger partial charge in [-0.3, -0.25) is 0 Å². The molecule has 4 N–H and O–H groups in total. The number of pyridine rings is 1. The van der Waals surface area contributed by atoms with Crippen molar-refractivity contribution in [1.29, 1.82) is 0 Å². The molecule has 19 heavy (non-hydrogen) atoms. The average Bonchev–Trinajstić information content (AvgIpc) is 2.35. The molecule has 1 rings (SSSR count). The van der Waals surface area contributed by atoms with Gasteiger partial charge < -0.3 is 15.3 Å². The zero-order valence-electron chi connectivity index (χ0n) is 10.2. The van der Waals surface area contributed by atoms with Crippen molar-refractivity contribution < 1.29 is 23.7 Å². The molecule has 0 saturated heterocycles. The minimum absolute atomic E-state index is 0.191. The summed E-state index contributed by atoms with van der Waals surface area (Å²) < 4.78 is 25.9. The molecule has 0 fully saturated rings. The van der Waals surface area contributed by atoms with Crippen LogP contribution in [-0.4, -0.2) is 54.1 Å². The summed E-state index contributed by atoms with van der Waals surface area (Å²) >= 11 is 5.74. The van der Waals surface area contributed by atoms with Crippen LogP contribution in [-0.2, 0) is 10.0 Å². The molecule has 0 spiro atoms. The normalized spacial score (nSPS) is 12.7. The summed E-state index contributed by atoms with van der Waals surface area (Å²) in [6, 6.07) is 2.76. The molecule has 108 valence electrons. The second-order valence-electron chi connectivity index (χ2n) is 4.11. The van der Waals surface area contributed by atoms with Crippen LogP contribution in [0, 0.1) is 6.92 Å². The average molecular weight is 311 g/mol. The first kappa shape index (κ1) is 16.3. The standard InChI is InChI=1S/C10H15ClN2O5S/c1-7-2-3-8(9(11)13-7)19(17,18)12-4-10(16,5-14)6-15/h2-3,12,14-16H,4-6H2,1H3. The van der Waals surface area contributed by atoms with E-state index in [9.17, 15) is 13.5 Å². The van der Waals surface area contributed by atoms with Gasteiger partial charge in [0.15, 0.2) is 0 Å². The van der Waals surface area contributed by atoms with Gasteiger partial charge in [-0.05, 0) is 19.1 Å². The Hall–Kier alpha value is -0.770. The van der Waals surface area contributed by atoms with Crippen molar-refractivity contribution in [1.82, 2.24) is 9.71 Å². The molecule has 0 bridgehead atoms. The van der Waals surface area contributed by atoms with Crippen molar-refractivity contribution in [3.63, 3.8) is 0 Å². The van der Waals surface area contributed by atoms with Gasteiger partial charge in [0.25, 0.3) is 0 Å². The number of aliphatic hydroxyl groups excluding tert-OH is 2. The van der Waals surface area contributed by atoms with Gasteiger partial charge in [0, 0.05) is 12.2 Å². The first-order valence-electron chi connectivity index (χ1n) is 5.31.